The number of benzene rings is 2. The van der Waals surface area contributed by atoms with Gasteiger partial charge < -0.3 is 15.2 Å². The summed E-state index contributed by atoms with van der Waals surface area (Å²) in [6, 6.07) is 12.2. The molecule has 2 N–H and O–H groups in total. The number of carbonyl (C=O) groups is 1. The van der Waals surface area contributed by atoms with Crippen LogP contribution in [0.25, 0.3) is 0 Å². The van der Waals surface area contributed by atoms with Crippen LogP contribution in [0.2, 0.25) is 5.02 Å². The number of anilines is 2. The van der Waals surface area contributed by atoms with Gasteiger partial charge in [-0.3, -0.25) is 0 Å². The molecule has 23 heavy (non-hydrogen) atoms. The van der Waals surface area contributed by atoms with E-state index in [-0.39, 0.29) is 11.7 Å². The summed E-state index contributed by atoms with van der Waals surface area (Å²) >= 11 is 6.29. The van der Waals surface area contributed by atoms with Crippen LogP contribution in [0.4, 0.5) is 11.4 Å². The van der Waals surface area contributed by atoms with Gasteiger partial charge in [-0.1, -0.05) is 29.8 Å². The number of ether oxygens (including phenoxy) is 1. The number of hydrogen-bond donors (Lipinski definition) is 2. The number of aromatic carboxylic acids is 1. The fraction of sp³-hybridized carbons (Fsp3) is 0.278. The Labute approximate surface area is 140 Å². The quantitative estimate of drug-likeness (QED) is 0.785. The molecule has 2 aromatic rings. The fourth-order valence-corrected chi connectivity index (χ4v) is 2.72. The summed E-state index contributed by atoms with van der Waals surface area (Å²) in [7, 11) is 0. The van der Waals surface area contributed by atoms with Crippen LogP contribution in [0.15, 0.2) is 42.5 Å². The molecule has 0 amide bonds. The molecule has 0 aliphatic heterocycles. The van der Waals surface area contributed by atoms with Crippen molar-refractivity contribution in [2.75, 3.05) is 5.32 Å². The molecule has 1 unspecified atom stereocenters. The van der Waals surface area contributed by atoms with Crippen molar-refractivity contribution in [2.24, 2.45) is 5.92 Å². The summed E-state index contributed by atoms with van der Waals surface area (Å²) in [6.07, 6.45) is 2.44. The van der Waals surface area contributed by atoms with Crippen LogP contribution >= 0.6 is 11.6 Å². The first-order valence-electron chi connectivity index (χ1n) is 7.61. The summed E-state index contributed by atoms with van der Waals surface area (Å²) in [5, 5.41) is 12.9. The van der Waals surface area contributed by atoms with Crippen LogP contribution in [0.5, 0.6) is 5.75 Å². The van der Waals surface area contributed by atoms with Crippen LogP contribution < -0.4 is 10.1 Å². The fourth-order valence-electron chi connectivity index (χ4n) is 2.50. The maximum absolute atomic E-state index is 11.3. The number of nitrogens with one attached hydrogen (secondary N) is 1. The Morgan fingerprint density at radius 1 is 1.22 bits per heavy atom. The van der Waals surface area contributed by atoms with E-state index in [1.54, 1.807) is 30.3 Å². The average Bonchev–Trinajstić information content (AvgIpc) is 3.36. The van der Waals surface area contributed by atoms with Gasteiger partial charge in [-0.2, -0.15) is 0 Å². The standard InChI is InChI=1S/C18H18ClNO3/c1-11(12-9-10-12)23-17-14(19)6-4-8-16(17)20-15-7-3-2-5-13(15)18(21)22/h2-8,11-12,20H,9-10H2,1H3,(H,21,22). The highest BCUT2D eigenvalue weighted by Crippen LogP contribution is 2.40. The molecular weight excluding hydrogens is 314 g/mol. The van der Waals surface area contributed by atoms with Crippen molar-refractivity contribution < 1.29 is 14.6 Å². The molecule has 0 spiro atoms. The van der Waals surface area contributed by atoms with Gasteiger partial charge in [-0.15, -0.1) is 0 Å². The van der Waals surface area contributed by atoms with Crippen molar-refractivity contribution in [3.63, 3.8) is 0 Å². The van der Waals surface area contributed by atoms with Gasteiger partial charge in [0, 0.05) is 0 Å². The van der Waals surface area contributed by atoms with Crippen molar-refractivity contribution >= 4 is 28.9 Å². The van der Waals surface area contributed by atoms with E-state index in [9.17, 15) is 9.90 Å². The summed E-state index contributed by atoms with van der Waals surface area (Å²) in [4.78, 5) is 11.3. The number of carboxylic acids is 1. The highest BCUT2D eigenvalue weighted by atomic mass is 35.5. The molecule has 0 bridgehead atoms. The Hall–Kier alpha value is -2.20. The molecule has 2 aromatic carbocycles. The molecule has 0 aromatic heterocycles. The number of hydrogen-bond acceptors (Lipinski definition) is 3. The van der Waals surface area contributed by atoms with E-state index >= 15 is 0 Å². The Bertz CT molecular complexity index is 728. The van der Waals surface area contributed by atoms with E-state index < -0.39 is 5.97 Å². The van der Waals surface area contributed by atoms with Crippen LogP contribution in [0.3, 0.4) is 0 Å². The largest absolute Gasteiger partial charge is 0.487 e. The van der Waals surface area contributed by atoms with Gasteiger partial charge in [0.05, 0.1) is 28.1 Å². The van der Waals surface area contributed by atoms with E-state index in [1.807, 2.05) is 19.1 Å². The van der Waals surface area contributed by atoms with Gasteiger partial charge in [0.1, 0.15) is 0 Å². The van der Waals surface area contributed by atoms with Crippen molar-refractivity contribution in [3.05, 3.63) is 53.1 Å². The van der Waals surface area contributed by atoms with Crippen molar-refractivity contribution in [2.45, 2.75) is 25.9 Å². The maximum atomic E-state index is 11.3. The minimum absolute atomic E-state index is 0.0881. The molecule has 1 aliphatic carbocycles. The topological polar surface area (TPSA) is 58.6 Å². The first-order chi connectivity index (χ1) is 11.1. The molecule has 1 aliphatic rings. The molecule has 3 rings (SSSR count). The van der Waals surface area contributed by atoms with Gasteiger partial charge in [0.25, 0.3) is 0 Å². The zero-order valence-electron chi connectivity index (χ0n) is 12.8. The average molecular weight is 332 g/mol. The van der Waals surface area contributed by atoms with Crippen LogP contribution in [-0.4, -0.2) is 17.2 Å². The molecule has 0 radical (unpaired) electrons. The van der Waals surface area contributed by atoms with Gasteiger partial charge in [-0.05, 0) is 49.9 Å². The van der Waals surface area contributed by atoms with E-state index in [1.165, 1.54) is 12.8 Å². The van der Waals surface area contributed by atoms with E-state index in [0.717, 1.165) is 0 Å². The van der Waals surface area contributed by atoms with Gasteiger partial charge in [0.15, 0.2) is 5.75 Å². The zero-order chi connectivity index (χ0) is 16.4. The minimum Gasteiger partial charge on any atom is -0.487 e. The van der Waals surface area contributed by atoms with Crippen LogP contribution in [-0.2, 0) is 0 Å². The molecule has 1 atom stereocenters. The monoisotopic (exact) mass is 331 g/mol. The highest BCUT2D eigenvalue weighted by Gasteiger charge is 2.30. The van der Waals surface area contributed by atoms with E-state index in [0.29, 0.717) is 28.1 Å². The third-order valence-corrected chi connectivity index (χ3v) is 4.28. The highest BCUT2D eigenvalue weighted by molar-refractivity contribution is 6.32. The lowest BCUT2D eigenvalue weighted by Gasteiger charge is -2.19. The SMILES string of the molecule is CC(Oc1c(Cl)cccc1Nc1ccccc1C(=O)O)C1CC1. The molecular formula is C18H18ClNO3. The molecule has 5 heteroatoms. The predicted molar refractivity (Wildman–Crippen MR) is 91.0 cm³/mol. The first kappa shape index (κ1) is 15.7. The Kier molecular flexibility index (Phi) is 4.44. The van der Waals surface area contributed by atoms with Crippen molar-refractivity contribution in [3.8, 4) is 5.75 Å². The molecule has 120 valence electrons. The molecule has 0 saturated heterocycles. The van der Waals surface area contributed by atoms with Crippen molar-refractivity contribution in [1.29, 1.82) is 0 Å². The first-order valence-corrected chi connectivity index (χ1v) is 7.98. The summed E-state index contributed by atoms with van der Waals surface area (Å²) < 4.78 is 6.03. The molecule has 4 nitrogen and oxygen atoms in total. The molecule has 1 saturated carbocycles. The maximum Gasteiger partial charge on any atom is 0.337 e. The minimum atomic E-state index is -0.982. The van der Waals surface area contributed by atoms with Gasteiger partial charge in [-0.25, -0.2) is 4.79 Å². The second kappa shape index (κ2) is 6.50. The smallest absolute Gasteiger partial charge is 0.337 e. The second-order valence-electron chi connectivity index (χ2n) is 5.75. The second-order valence-corrected chi connectivity index (χ2v) is 6.16. The van der Waals surface area contributed by atoms with E-state index in [2.05, 4.69) is 5.32 Å². The third-order valence-electron chi connectivity index (χ3n) is 3.98. The van der Waals surface area contributed by atoms with Crippen LogP contribution in [0, 0.1) is 5.92 Å². The van der Waals surface area contributed by atoms with Gasteiger partial charge in [0.2, 0.25) is 0 Å². The Morgan fingerprint density at radius 2 is 1.91 bits per heavy atom. The number of halogens is 1. The molecule has 0 heterocycles. The molecule has 1 fully saturated rings. The number of carboxylic acid groups (broad SMARTS) is 1. The van der Waals surface area contributed by atoms with Gasteiger partial charge >= 0.3 is 5.97 Å². The third kappa shape index (κ3) is 3.59. The summed E-state index contributed by atoms with van der Waals surface area (Å²) in [5.74, 6) is 0.156. The lowest BCUT2D eigenvalue weighted by Crippen LogP contribution is -2.15. The summed E-state index contributed by atoms with van der Waals surface area (Å²) in [5.41, 5.74) is 1.37. The predicted octanol–water partition coefficient (Wildman–Crippen LogP) is 4.96. The van der Waals surface area contributed by atoms with E-state index in [4.69, 9.17) is 16.3 Å². The lowest BCUT2D eigenvalue weighted by atomic mass is 10.1. The van der Waals surface area contributed by atoms with Crippen molar-refractivity contribution in [1.82, 2.24) is 0 Å². The van der Waals surface area contributed by atoms with Crippen LogP contribution in [0.1, 0.15) is 30.1 Å². The Balaban J connectivity index is 1.91. The number of para-hydroxylation sites is 2. The lowest BCUT2D eigenvalue weighted by molar-refractivity contribution is 0.0698. The zero-order valence-corrected chi connectivity index (χ0v) is 13.5. The number of rotatable bonds is 6. The Morgan fingerprint density at radius 3 is 2.61 bits per heavy atom. The normalized spacial score (nSPS) is 15.0. The summed E-state index contributed by atoms with van der Waals surface area (Å²) in [6.45, 7) is 2.04.